The van der Waals surface area contributed by atoms with Crippen LogP contribution in [0, 0.1) is 0 Å². The van der Waals surface area contributed by atoms with E-state index in [1.54, 1.807) is 28.5 Å². The van der Waals surface area contributed by atoms with E-state index in [0.29, 0.717) is 12.2 Å². The van der Waals surface area contributed by atoms with E-state index in [0.717, 1.165) is 17.3 Å². The molecular weight excluding hydrogens is 358 g/mol. The molecule has 7 heteroatoms. The third-order valence-electron chi connectivity index (χ3n) is 4.90. The smallest absolute Gasteiger partial charge is 0.269 e. The van der Waals surface area contributed by atoms with Crippen molar-refractivity contribution in [2.45, 2.75) is 32.2 Å². The largest absolute Gasteiger partial charge is 0.298 e. The van der Waals surface area contributed by atoms with E-state index in [2.05, 4.69) is 33.0 Å². The molecule has 0 unspecified atom stereocenters. The van der Waals surface area contributed by atoms with Crippen LogP contribution >= 0.6 is 11.3 Å². The minimum atomic E-state index is -0.131. The molecule has 0 bridgehead atoms. The van der Waals surface area contributed by atoms with Crippen molar-refractivity contribution < 1.29 is 4.79 Å². The molecule has 1 saturated heterocycles. The van der Waals surface area contributed by atoms with Crippen LogP contribution in [0.15, 0.2) is 47.6 Å². The summed E-state index contributed by atoms with van der Waals surface area (Å²) >= 11 is 1.75. The Hall–Kier alpha value is -2.38. The van der Waals surface area contributed by atoms with Crippen molar-refractivity contribution in [3.63, 3.8) is 0 Å². The Morgan fingerprint density at radius 1 is 1.07 bits per heavy atom. The van der Waals surface area contributed by atoms with Crippen molar-refractivity contribution in [1.29, 1.82) is 0 Å². The first-order valence-electron chi connectivity index (χ1n) is 9.55. The first-order chi connectivity index (χ1) is 13.3. The molecule has 2 aromatic rings. The minimum absolute atomic E-state index is 0.131. The molecule has 6 nitrogen and oxygen atoms in total. The highest BCUT2D eigenvalue weighted by atomic mass is 32.1. The van der Waals surface area contributed by atoms with E-state index in [-0.39, 0.29) is 5.91 Å². The summed E-state index contributed by atoms with van der Waals surface area (Å²) < 4.78 is 0. The zero-order chi connectivity index (χ0) is 18.5. The molecule has 142 valence electrons. The number of nitrogens with zero attached hydrogens (tertiary/aromatic N) is 3. The number of hydrogen-bond acceptors (Lipinski definition) is 6. The number of carbonyl (C=O) groups excluding carboxylic acids is 1. The number of benzene rings is 1. The molecule has 1 aromatic heterocycles. The number of rotatable bonds is 5. The molecule has 3 heterocycles. The number of hydrazine groups is 1. The lowest BCUT2D eigenvalue weighted by Gasteiger charge is -2.19. The minimum Gasteiger partial charge on any atom is -0.298 e. The maximum absolute atomic E-state index is 12.4. The van der Waals surface area contributed by atoms with Crippen LogP contribution in [0.25, 0.3) is 0 Å². The van der Waals surface area contributed by atoms with Crippen LogP contribution in [0.5, 0.6) is 0 Å². The summed E-state index contributed by atoms with van der Waals surface area (Å²) in [7, 11) is 0. The molecule has 1 amide bonds. The molecule has 2 aliphatic rings. The highest BCUT2D eigenvalue weighted by Gasteiger charge is 2.23. The maximum Gasteiger partial charge on any atom is 0.269 e. The van der Waals surface area contributed by atoms with Gasteiger partial charge in [-0.3, -0.25) is 20.5 Å². The SMILES string of the molecule is O=C(NN1CNN=C1c1ccc(CN2CCCCCC2)s1)c1ccccc1. The Kier molecular flexibility index (Phi) is 5.69. The summed E-state index contributed by atoms with van der Waals surface area (Å²) in [4.78, 5) is 17.4. The molecule has 0 saturated carbocycles. The van der Waals surface area contributed by atoms with Gasteiger partial charge >= 0.3 is 0 Å². The van der Waals surface area contributed by atoms with Crippen molar-refractivity contribution in [3.8, 4) is 0 Å². The monoisotopic (exact) mass is 383 g/mol. The second kappa shape index (κ2) is 8.54. The zero-order valence-corrected chi connectivity index (χ0v) is 16.2. The Labute approximate surface area is 163 Å². The molecule has 1 fully saturated rings. The number of carbonyl (C=O) groups is 1. The van der Waals surface area contributed by atoms with Gasteiger partial charge in [-0.1, -0.05) is 31.0 Å². The predicted molar refractivity (Wildman–Crippen MR) is 108 cm³/mol. The third kappa shape index (κ3) is 4.48. The van der Waals surface area contributed by atoms with Gasteiger partial charge in [0.1, 0.15) is 6.67 Å². The fourth-order valence-corrected chi connectivity index (χ4v) is 4.52. The van der Waals surface area contributed by atoms with Crippen LogP contribution < -0.4 is 10.9 Å². The van der Waals surface area contributed by atoms with Crippen molar-refractivity contribution >= 4 is 23.1 Å². The van der Waals surface area contributed by atoms with Gasteiger partial charge in [0.2, 0.25) is 0 Å². The lowest BCUT2D eigenvalue weighted by Crippen LogP contribution is -2.45. The summed E-state index contributed by atoms with van der Waals surface area (Å²) in [6.45, 7) is 3.85. The number of nitrogens with one attached hydrogen (secondary N) is 2. The number of thiophene rings is 1. The Morgan fingerprint density at radius 3 is 2.63 bits per heavy atom. The van der Waals surface area contributed by atoms with E-state index in [1.165, 1.54) is 43.6 Å². The summed E-state index contributed by atoms with van der Waals surface area (Å²) in [6, 6.07) is 13.5. The molecule has 0 radical (unpaired) electrons. The Morgan fingerprint density at radius 2 is 1.85 bits per heavy atom. The fourth-order valence-electron chi connectivity index (χ4n) is 3.47. The van der Waals surface area contributed by atoms with Crippen LogP contribution in [0.4, 0.5) is 0 Å². The van der Waals surface area contributed by atoms with Crippen molar-refractivity contribution in [2.75, 3.05) is 19.8 Å². The van der Waals surface area contributed by atoms with E-state index in [1.807, 2.05) is 18.2 Å². The third-order valence-corrected chi connectivity index (χ3v) is 5.97. The lowest BCUT2D eigenvalue weighted by molar-refractivity contribution is 0.0873. The Balaban J connectivity index is 1.40. The molecule has 2 aliphatic heterocycles. The number of hydrogen-bond donors (Lipinski definition) is 2. The van der Waals surface area contributed by atoms with Gasteiger partial charge in [0.25, 0.3) is 5.91 Å². The van der Waals surface area contributed by atoms with Crippen molar-refractivity contribution in [1.82, 2.24) is 20.8 Å². The van der Waals surface area contributed by atoms with Crippen LogP contribution in [-0.4, -0.2) is 41.4 Å². The van der Waals surface area contributed by atoms with Gasteiger partial charge in [-0.05, 0) is 50.2 Å². The average molecular weight is 384 g/mol. The van der Waals surface area contributed by atoms with Gasteiger partial charge in [0.15, 0.2) is 5.84 Å². The highest BCUT2D eigenvalue weighted by Crippen LogP contribution is 2.22. The number of amidine groups is 1. The summed E-state index contributed by atoms with van der Waals surface area (Å²) in [5.41, 5.74) is 6.55. The lowest BCUT2D eigenvalue weighted by atomic mass is 10.2. The second-order valence-corrected chi connectivity index (χ2v) is 8.11. The van der Waals surface area contributed by atoms with Crippen LogP contribution in [0.2, 0.25) is 0 Å². The summed E-state index contributed by atoms with van der Waals surface area (Å²) in [5, 5.41) is 6.16. The average Bonchev–Trinajstić information content (AvgIpc) is 3.26. The molecule has 27 heavy (non-hydrogen) atoms. The van der Waals surface area contributed by atoms with Gasteiger partial charge in [0.05, 0.1) is 4.88 Å². The van der Waals surface area contributed by atoms with E-state index < -0.39 is 0 Å². The second-order valence-electron chi connectivity index (χ2n) is 6.94. The molecule has 0 aliphatic carbocycles. The van der Waals surface area contributed by atoms with Gasteiger partial charge in [-0.15, -0.1) is 11.3 Å². The van der Waals surface area contributed by atoms with Crippen molar-refractivity contribution in [3.05, 3.63) is 57.8 Å². The van der Waals surface area contributed by atoms with Gasteiger partial charge in [-0.25, -0.2) is 5.01 Å². The molecular formula is C20H25N5OS. The normalized spacial score (nSPS) is 17.9. The molecule has 0 atom stereocenters. The number of amides is 1. The molecule has 0 spiro atoms. The van der Waals surface area contributed by atoms with Gasteiger partial charge < -0.3 is 0 Å². The summed E-state index contributed by atoms with van der Waals surface area (Å²) in [6.07, 6.45) is 5.30. The van der Waals surface area contributed by atoms with Crippen LogP contribution in [-0.2, 0) is 6.54 Å². The van der Waals surface area contributed by atoms with Crippen LogP contribution in [0.3, 0.4) is 0 Å². The standard InChI is InChI=1S/C20H25N5OS/c26-20(16-8-4-3-5-9-16)23-25-15-21-22-19(25)18-11-10-17(27-18)14-24-12-6-1-2-7-13-24/h3-5,8-11,21H,1-2,6-7,12-15H2,(H,23,26). The topological polar surface area (TPSA) is 60.0 Å². The van der Waals surface area contributed by atoms with Crippen molar-refractivity contribution in [2.24, 2.45) is 5.10 Å². The van der Waals surface area contributed by atoms with Gasteiger partial charge in [-0.2, -0.15) is 5.10 Å². The fraction of sp³-hybridized carbons (Fsp3) is 0.400. The Bertz CT molecular complexity index is 796. The van der Waals surface area contributed by atoms with E-state index in [9.17, 15) is 4.79 Å². The molecule has 1 aromatic carbocycles. The first-order valence-corrected chi connectivity index (χ1v) is 10.4. The highest BCUT2D eigenvalue weighted by molar-refractivity contribution is 7.14. The zero-order valence-electron chi connectivity index (χ0n) is 15.4. The van der Waals surface area contributed by atoms with E-state index in [4.69, 9.17) is 0 Å². The quantitative estimate of drug-likeness (QED) is 0.833. The first kappa shape index (κ1) is 18.0. The maximum atomic E-state index is 12.4. The number of likely N-dealkylation sites (tertiary alicyclic amines) is 1. The predicted octanol–water partition coefficient (Wildman–Crippen LogP) is 2.99. The molecule has 4 rings (SSSR count). The molecule has 2 N–H and O–H groups in total. The number of hydrazone groups is 1. The van der Waals surface area contributed by atoms with E-state index >= 15 is 0 Å². The summed E-state index contributed by atoms with van der Waals surface area (Å²) in [5.74, 6) is 0.639. The van der Waals surface area contributed by atoms with Crippen LogP contribution in [0.1, 0.15) is 45.8 Å². The van der Waals surface area contributed by atoms with Gasteiger partial charge in [0, 0.05) is 17.0 Å².